The fourth-order valence-corrected chi connectivity index (χ4v) is 9.33. The van der Waals surface area contributed by atoms with Crippen LogP contribution in [0, 0.1) is 0 Å². The lowest BCUT2D eigenvalue weighted by Gasteiger charge is -2.26. The summed E-state index contributed by atoms with van der Waals surface area (Å²) < 4.78 is 2.44. The van der Waals surface area contributed by atoms with Gasteiger partial charge < -0.3 is 9.47 Å². The van der Waals surface area contributed by atoms with Gasteiger partial charge in [0.2, 0.25) is 0 Å². The maximum Gasteiger partial charge on any atom is 0.0547 e. The number of para-hydroxylation sites is 2. The topological polar surface area (TPSA) is 8.17 Å². The van der Waals surface area contributed by atoms with Gasteiger partial charge in [0.1, 0.15) is 0 Å². The van der Waals surface area contributed by atoms with Crippen LogP contribution < -0.4 is 4.90 Å². The molecule has 0 unspecified atom stereocenters. The van der Waals surface area contributed by atoms with Crippen molar-refractivity contribution in [2.75, 3.05) is 4.90 Å². The molecule has 1 aliphatic rings. The average Bonchev–Trinajstić information content (AvgIpc) is 3.73. The molecule has 0 N–H and O–H groups in total. The molecular formula is C55H40N2. The highest BCUT2D eigenvalue weighted by Gasteiger charge is 2.37. The first-order valence-electron chi connectivity index (χ1n) is 19.8. The minimum Gasteiger partial charge on any atom is -0.311 e. The maximum atomic E-state index is 2.44. The maximum absolute atomic E-state index is 2.44. The van der Waals surface area contributed by atoms with Crippen molar-refractivity contribution in [1.82, 2.24) is 4.57 Å². The molecule has 0 atom stereocenters. The minimum atomic E-state index is -0.0400. The van der Waals surface area contributed by atoms with Crippen LogP contribution in [0.15, 0.2) is 206 Å². The molecule has 0 fully saturated rings. The largest absolute Gasteiger partial charge is 0.311 e. The van der Waals surface area contributed by atoms with Crippen LogP contribution in [0.5, 0.6) is 0 Å². The highest BCUT2D eigenvalue weighted by Crippen LogP contribution is 2.53. The molecule has 1 aliphatic carbocycles. The van der Waals surface area contributed by atoms with E-state index in [-0.39, 0.29) is 5.41 Å². The summed E-state index contributed by atoms with van der Waals surface area (Å²) in [6, 6.07) is 75.3. The Bertz CT molecular complexity index is 3110. The molecule has 0 aliphatic heterocycles. The molecule has 57 heavy (non-hydrogen) atoms. The van der Waals surface area contributed by atoms with Crippen molar-refractivity contribution in [3.05, 3.63) is 217 Å². The summed E-state index contributed by atoms with van der Waals surface area (Å²) in [5, 5.41) is 5.15. The zero-order chi connectivity index (χ0) is 38.1. The molecule has 2 heteroatoms. The van der Waals surface area contributed by atoms with Crippen LogP contribution in [0.3, 0.4) is 0 Å². The Balaban J connectivity index is 0.932. The summed E-state index contributed by atoms with van der Waals surface area (Å²) in [5.74, 6) is 0. The van der Waals surface area contributed by atoms with Crippen LogP contribution >= 0.6 is 0 Å². The SMILES string of the molecule is CC1(C)c2ccccc2-c2c1ccc1c2c2ccccc2n1-c1ccc(-c2ccc(N(c3ccccc3)c3ccc(-c4ccc5ccccc5c4)cc3)cc2)cc1. The van der Waals surface area contributed by atoms with Gasteiger partial charge in [-0.25, -0.2) is 0 Å². The predicted octanol–water partition coefficient (Wildman–Crippen LogP) is 15.0. The van der Waals surface area contributed by atoms with Gasteiger partial charge in [-0.1, -0.05) is 153 Å². The number of nitrogens with zero attached hydrogens (tertiary/aromatic N) is 2. The first-order valence-corrected chi connectivity index (χ1v) is 19.8. The number of rotatable bonds is 6. The lowest BCUT2D eigenvalue weighted by atomic mass is 9.82. The van der Waals surface area contributed by atoms with Gasteiger partial charge in [0.05, 0.1) is 11.0 Å². The molecule has 1 heterocycles. The van der Waals surface area contributed by atoms with Crippen LogP contribution in [0.2, 0.25) is 0 Å². The number of hydrogen-bond donors (Lipinski definition) is 0. The van der Waals surface area contributed by atoms with Gasteiger partial charge in [0, 0.05) is 38.9 Å². The van der Waals surface area contributed by atoms with Crippen molar-refractivity contribution >= 4 is 49.6 Å². The monoisotopic (exact) mass is 728 g/mol. The molecule has 10 aromatic rings. The first-order chi connectivity index (χ1) is 28.0. The Morgan fingerprint density at radius 3 is 1.70 bits per heavy atom. The van der Waals surface area contributed by atoms with Crippen LogP contribution in [0.1, 0.15) is 25.0 Å². The molecule has 0 spiro atoms. The second-order valence-electron chi connectivity index (χ2n) is 15.8. The van der Waals surface area contributed by atoms with Crippen molar-refractivity contribution in [2.45, 2.75) is 19.3 Å². The smallest absolute Gasteiger partial charge is 0.0547 e. The van der Waals surface area contributed by atoms with Crippen molar-refractivity contribution in [3.63, 3.8) is 0 Å². The van der Waals surface area contributed by atoms with E-state index in [0.717, 1.165) is 22.7 Å². The molecule has 2 nitrogen and oxygen atoms in total. The molecule has 0 saturated heterocycles. The Kier molecular flexibility index (Phi) is 7.55. The number of aromatic nitrogens is 1. The Morgan fingerprint density at radius 1 is 0.404 bits per heavy atom. The van der Waals surface area contributed by atoms with Crippen LogP contribution in [0.4, 0.5) is 17.1 Å². The molecule has 1 aromatic heterocycles. The summed E-state index contributed by atoms with van der Waals surface area (Å²) in [4.78, 5) is 2.33. The molecule has 0 radical (unpaired) electrons. The van der Waals surface area contributed by atoms with E-state index in [1.165, 1.54) is 77.1 Å². The summed E-state index contributed by atoms with van der Waals surface area (Å²) in [6.45, 7) is 4.72. The highest BCUT2D eigenvalue weighted by molar-refractivity contribution is 6.18. The zero-order valence-corrected chi connectivity index (χ0v) is 32.0. The van der Waals surface area contributed by atoms with Crippen molar-refractivity contribution in [3.8, 4) is 39.1 Å². The lowest BCUT2D eigenvalue weighted by Crippen LogP contribution is -2.14. The van der Waals surface area contributed by atoms with Crippen LogP contribution in [0.25, 0.3) is 71.6 Å². The summed E-state index contributed by atoms with van der Waals surface area (Å²) in [6.07, 6.45) is 0. The number of benzene rings is 9. The van der Waals surface area contributed by atoms with Gasteiger partial charge in [-0.3, -0.25) is 0 Å². The number of anilines is 3. The zero-order valence-electron chi connectivity index (χ0n) is 32.0. The van der Waals surface area contributed by atoms with E-state index < -0.39 is 0 Å². The molecule has 0 bridgehead atoms. The summed E-state index contributed by atoms with van der Waals surface area (Å²) in [5.41, 5.74) is 17.3. The van der Waals surface area contributed by atoms with E-state index in [0.29, 0.717) is 0 Å². The first kappa shape index (κ1) is 33.2. The van der Waals surface area contributed by atoms with Crippen LogP contribution in [-0.2, 0) is 5.41 Å². The van der Waals surface area contributed by atoms with Gasteiger partial charge in [-0.05, 0) is 122 Å². The molecule has 11 rings (SSSR count). The van der Waals surface area contributed by atoms with Crippen LogP contribution in [-0.4, -0.2) is 4.57 Å². The quantitative estimate of drug-likeness (QED) is 0.165. The van der Waals surface area contributed by atoms with E-state index in [4.69, 9.17) is 0 Å². The van der Waals surface area contributed by atoms with Crippen molar-refractivity contribution < 1.29 is 0 Å². The van der Waals surface area contributed by atoms with E-state index in [1.54, 1.807) is 0 Å². The standard InChI is InChI=1S/C55H40N2/c1-55(2)49-18-10-8-16-47(49)53-50(55)34-35-52-54(53)48-17-9-11-19-51(48)57(52)46-32-24-39(25-33-46)38-22-28-44(29-23-38)56(43-14-4-3-5-15-43)45-30-26-40(27-31-45)42-21-20-37-12-6-7-13-41(37)36-42/h3-36H,1-2H3. The second-order valence-corrected chi connectivity index (χ2v) is 15.8. The van der Waals surface area contributed by atoms with Gasteiger partial charge in [0.25, 0.3) is 0 Å². The Labute approximate surface area is 333 Å². The van der Waals surface area contributed by atoms with E-state index in [9.17, 15) is 0 Å². The van der Waals surface area contributed by atoms with E-state index >= 15 is 0 Å². The van der Waals surface area contributed by atoms with E-state index in [2.05, 4.69) is 230 Å². The minimum absolute atomic E-state index is 0.0400. The van der Waals surface area contributed by atoms with Gasteiger partial charge in [0.15, 0.2) is 0 Å². The normalized spacial score (nSPS) is 12.9. The molecule has 270 valence electrons. The fraction of sp³-hybridized carbons (Fsp3) is 0.0545. The number of hydrogen-bond acceptors (Lipinski definition) is 1. The molecule has 0 amide bonds. The van der Waals surface area contributed by atoms with Gasteiger partial charge >= 0.3 is 0 Å². The average molecular weight is 729 g/mol. The third-order valence-electron chi connectivity index (χ3n) is 12.2. The third kappa shape index (κ3) is 5.33. The summed E-state index contributed by atoms with van der Waals surface area (Å²) in [7, 11) is 0. The molecule has 0 saturated carbocycles. The van der Waals surface area contributed by atoms with Crippen molar-refractivity contribution in [2.24, 2.45) is 0 Å². The van der Waals surface area contributed by atoms with Crippen molar-refractivity contribution in [1.29, 1.82) is 0 Å². The predicted molar refractivity (Wildman–Crippen MR) is 241 cm³/mol. The number of fused-ring (bicyclic) bond motifs is 8. The van der Waals surface area contributed by atoms with E-state index in [1.807, 2.05) is 0 Å². The Hall–Kier alpha value is -7.16. The third-order valence-corrected chi connectivity index (χ3v) is 12.2. The Morgan fingerprint density at radius 2 is 0.965 bits per heavy atom. The molecular weight excluding hydrogens is 689 g/mol. The van der Waals surface area contributed by atoms with Gasteiger partial charge in [-0.15, -0.1) is 0 Å². The second kappa shape index (κ2) is 13.0. The fourth-order valence-electron chi connectivity index (χ4n) is 9.33. The lowest BCUT2D eigenvalue weighted by molar-refractivity contribution is 0.661. The summed E-state index contributed by atoms with van der Waals surface area (Å²) >= 11 is 0. The van der Waals surface area contributed by atoms with Gasteiger partial charge in [-0.2, -0.15) is 0 Å². The molecule has 9 aromatic carbocycles. The highest BCUT2D eigenvalue weighted by atomic mass is 15.1.